The van der Waals surface area contributed by atoms with Crippen molar-refractivity contribution in [3.63, 3.8) is 0 Å². The fourth-order valence-corrected chi connectivity index (χ4v) is 4.48. The zero-order valence-electron chi connectivity index (χ0n) is 18.1. The van der Waals surface area contributed by atoms with Crippen molar-refractivity contribution in [3.8, 4) is 11.5 Å². The van der Waals surface area contributed by atoms with E-state index in [1.165, 1.54) is 0 Å². The van der Waals surface area contributed by atoms with Crippen molar-refractivity contribution < 1.29 is 23.8 Å². The maximum Gasteiger partial charge on any atom is 0.257 e. The van der Waals surface area contributed by atoms with E-state index in [2.05, 4.69) is 9.97 Å². The van der Waals surface area contributed by atoms with Gasteiger partial charge in [-0.1, -0.05) is 0 Å². The summed E-state index contributed by atoms with van der Waals surface area (Å²) in [6.07, 6.45) is 3.19. The molecule has 2 saturated heterocycles. The van der Waals surface area contributed by atoms with Crippen LogP contribution < -0.4 is 9.47 Å². The van der Waals surface area contributed by atoms with Gasteiger partial charge in [0.15, 0.2) is 11.5 Å². The van der Waals surface area contributed by atoms with Gasteiger partial charge in [-0.2, -0.15) is 0 Å². The molecule has 3 aliphatic rings. The van der Waals surface area contributed by atoms with Crippen molar-refractivity contribution in [2.75, 3.05) is 46.1 Å². The van der Waals surface area contributed by atoms with E-state index in [9.17, 15) is 9.59 Å². The van der Waals surface area contributed by atoms with E-state index >= 15 is 0 Å². The van der Waals surface area contributed by atoms with E-state index in [0.717, 1.165) is 12.8 Å². The van der Waals surface area contributed by atoms with Crippen molar-refractivity contribution in [3.05, 3.63) is 47.0 Å². The molecule has 32 heavy (non-hydrogen) atoms. The molecule has 3 aliphatic heterocycles. The third kappa shape index (κ3) is 3.88. The molecule has 1 aromatic carbocycles. The van der Waals surface area contributed by atoms with Crippen LogP contribution in [-0.4, -0.2) is 77.6 Å². The number of carbonyl (C=O) groups is 2. The minimum Gasteiger partial charge on any atom is -0.486 e. The third-order valence-electron chi connectivity index (χ3n) is 6.09. The van der Waals surface area contributed by atoms with Crippen LogP contribution in [0.5, 0.6) is 11.5 Å². The lowest BCUT2D eigenvalue weighted by Gasteiger charge is -2.30. The number of likely N-dealkylation sites (tertiary alicyclic amines) is 1. The van der Waals surface area contributed by atoms with Gasteiger partial charge in [-0.15, -0.1) is 0 Å². The summed E-state index contributed by atoms with van der Waals surface area (Å²) >= 11 is 0. The summed E-state index contributed by atoms with van der Waals surface area (Å²) < 4.78 is 16.6. The zero-order valence-corrected chi connectivity index (χ0v) is 18.1. The molecule has 168 valence electrons. The molecule has 4 heterocycles. The van der Waals surface area contributed by atoms with Gasteiger partial charge in [-0.25, -0.2) is 9.97 Å². The molecule has 0 saturated carbocycles. The topological polar surface area (TPSA) is 94.1 Å². The van der Waals surface area contributed by atoms with Gasteiger partial charge in [0.25, 0.3) is 11.8 Å². The molecule has 9 heteroatoms. The van der Waals surface area contributed by atoms with Gasteiger partial charge in [0.05, 0.1) is 30.5 Å². The van der Waals surface area contributed by atoms with E-state index in [0.29, 0.717) is 80.2 Å². The minimum atomic E-state index is -0.280. The van der Waals surface area contributed by atoms with Crippen LogP contribution in [0, 0.1) is 6.92 Å². The second kappa shape index (κ2) is 8.74. The summed E-state index contributed by atoms with van der Waals surface area (Å²) in [5.41, 5.74) is 1.62. The predicted octanol–water partition coefficient (Wildman–Crippen LogP) is 2.01. The van der Waals surface area contributed by atoms with Crippen LogP contribution in [0.2, 0.25) is 0 Å². The number of ether oxygens (including phenoxy) is 3. The summed E-state index contributed by atoms with van der Waals surface area (Å²) in [4.78, 5) is 39.2. The molecule has 1 unspecified atom stereocenters. The summed E-state index contributed by atoms with van der Waals surface area (Å²) in [7, 11) is 0. The average molecular weight is 438 g/mol. The molecule has 5 rings (SSSR count). The van der Waals surface area contributed by atoms with Gasteiger partial charge >= 0.3 is 0 Å². The number of aromatic nitrogens is 2. The molecule has 0 spiro atoms. The molecule has 1 atom stereocenters. The van der Waals surface area contributed by atoms with Gasteiger partial charge in [0.2, 0.25) is 0 Å². The summed E-state index contributed by atoms with van der Waals surface area (Å²) in [6.45, 7) is 5.48. The van der Waals surface area contributed by atoms with E-state index in [-0.39, 0.29) is 17.9 Å². The molecule has 0 bridgehead atoms. The first-order valence-corrected chi connectivity index (χ1v) is 11.0. The van der Waals surface area contributed by atoms with Crippen molar-refractivity contribution in [2.24, 2.45) is 0 Å². The van der Waals surface area contributed by atoms with Crippen molar-refractivity contribution in [1.29, 1.82) is 0 Å². The van der Waals surface area contributed by atoms with Crippen molar-refractivity contribution >= 4 is 11.8 Å². The van der Waals surface area contributed by atoms with E-state index in [1.54, 1.807) is 36.2 Å². The monoisotopic (exact) mass is 438 g/mol. The molecule has 0 radical (unpaired) electrons. The Kier molecular flexibility index (Phi) is 5.65. The Balaban J connectivity index is 1.45. The Morgan fingerprint density at radius 1 is 1.00 bits per heavy atom. The van der Waals surface area contributed by atoms with Crippen molar-refractivity contribution in [2.45, 2.75) is 25.8 Å². The highest BCUT2D eigenvalue weighted by Crippen LogP contribution is 2.36. The number of hydrogen-bond donors (Lipinski definition) is 0. The molecule has 0 N–H and O–H groups in total. The number of fused-ring (bicyclic) bond motifs is 1. The summed E-state index contributed by atoms with van der Waals surface area (Å²) in [5.74, 6) is 1.60. The number of nitrogens with zero attached hydrogens (tertiary/aromatic N) is 4. The maximum absolute atomic E-state index is 13.5. The first-order chi connectivity index (χ1) is 15.6. The largest absolute Gasteiger partial charge is 0.486 e. The van der Waals surface area contributed by atoms with Crippen LogP contribution >= 0.6 is 0 Å². The van der Waals surface area contributed by atoms with Gasteiger partial charge < -0.3 is 24.0 Å². The number of carbonyl (C=O) groups excluding carboxylic acids is 2. The predicted molar refractivity (Wildman–Crippen MR) is 114 cm³/mol. The smallest absolute Gasteiger partial charge is 0.257 e. The number of morpholine rings is 1. The lowest BCUT2D eigenvalue weighted by Crippen LogP contribution is -2.41. The average Bonchev–Trinajstić information content (AvgIpc) is 3.33. The summed E-state index contributed by atoms with van der Waals surface area (Å²) in [6, 6.07) is 4.99. The van der Waals surface area contributed by atoms with Gasteiger partial charge in [0.1, 0.15) is 19.0 Å². The first-order valence-electron chi connectivity index (χ1n) is 11.0. The third-order valence-corrected chi connectivity index (χ3v) is 6.09. The molecular weight excluding hydrogens is 412 g/mol. The molecule has 2 fully saturated rings. The number of rotatable bonds is 3. The van der Waals surface area contributed by atoms with Crippen LogP contribution in [0.1, 0.15) is 51.1 Å². The highest BCUT2D eigenvalue weighted by molar-refractivity contribution is 5.97. The fourth-order valence-electron chi connectivity index (χ4n) is 4.48. The Morgan fingerprint density at radius 2 is 1.78 bits per heavy atom. The van der Waals surface area contributed by atoms with Gasteiger partial charge in [-0.3, -0.25) is 9.59 Å². The van der Waals surface area contributed by atoms with E-state index < -0.39 is 0 Å². The Morgan fingerprint density at radius 3 is 2.59 bits per heavy atom. The SMILES string of the molecule is Cc1ncc(C(=O)N2CCOCC2)c(C2CCCN2C(=O)c2ccc3c(c2)OCCO3)n1. The second-order valence-electron chi connectivity index (χ2n) is 8.14. The Labute approximate surface area is 186 Å². The standard InChI is InChI=1S/C23H26N4O5/c1-15-24-14-17(23(29)26-7-9-30-10-8-26)21(25-15)18-3-2-6-27(18)22(28)16-4-5-19-20(13-16)32-12-11-31-19/h4-5,13-14,18H,2-3,6-12H2,1H3. The molecule has 9 nitrogen and oxygen atoms in total. The zero-order chi connectivity index (χ0) is 22.1. The van der Waals surface area contributed by atoms with Gasteiger partial charge in [0, 0.05) is 31.4 Å². The minimum absolute atomic E-state index is 0.106. The molecule has 2 amide bonds. The molecule has 1 aromatic heterocycles. The number of hydrogen-bond acceptors (Lipinski definition) is 7. The molecule has 2 aromatic rings. The van der Waals surface area contributed by atoms with Crippen LogP contribution in [0.25, 0.3) is 0 Å². The lowest BCUT2D eigenvalue weighted by molar-refractivity contribution is 0.0299. The first kappa shape index (κ1) is 20.7. The number of aryl methyl sites for hydroxylation is 1. The van der Waals surface area contributed by atoms with E-state index in [4.69, 9.17) is 14.2 Å². The second-order valence-corrected chi connectivity index (χ2v) is 8.14. The maximum atomic E-state index is 13.5. The highest BCUT2D eigenvalue weighted by atomic mass is 16.6. The normalized spacial score (nSPS) is 20.3. The van der Waals surface area contributed by atoms with Crippen LogP contribution in [0.15, 0.2) is 24.4 Å². The Bertz CT molecular complexity index is 1040. The highest BCUT2D eigenvalue weighted by Gasteiger charge is 2.36. The fraction of sp³-hybridized carbons (Fsp3) is 0.478. The molecule has 0 aliphatic carbocycles. The van der Waals surface area contributed by atoms with Crippen molar-refractivity contribution in [1.82, 2.24) is 19.8 Å². The van der Waals surface area contributed by atoms with E-state index in [1.807, 2.05) is 4.90 Å². The van der Waals surface area contributed by atoms with Crippen LogP contribution in [-0.2, 0) is 4.74 Å². The number of benzene rings is 1. The Hall–Kier alpha value is -3.20. The molecular formula is C23H26N4O5. The summed E-state index contributed by atoms with van der Waals surface area (Å²) in [5, 5.41) is 0. The van der Waals surface area contributed by atoms with Gasteiger partial charge in [-0.05, 0) is 38.0 Å². The lowest BCUT2D eigenvalue weighted by atomic mass is 10.0. The van der Waals surface area contributed by atoms with Crippen LogP contribution in [0.4, 0.5) is 0 Å². The number of amides is 2. The quantitative estimate of drug-likeness (QED) is 0.724. The van der Waals surface area contributed by atoms with Crippen LogP contribution in [0.3, 0.4) is 0 Å².